The summed E-state index contributed by atoms with van der Waals surface area (Å²) in [6.45, 7) is 0. The van der Waals surface area contributed by atoms with Crippen LogP contribution in [-0.4, -0.2) is 49.1 Å². The van der Waals surface area contributed by atoms with Crippen LogP contribution in [0.3, 0.4) is 0 Å². The van der Waals surface area contributed by atoms with Gasteiger partial charge >= 0.3 is 0 Å². The van der Waals surface area contributed by atoms with Crippen LogP contribution in [-0.2, 0) is 4.79 Å². The van der Waals surface area contributed by atoms with Crippen LogP contribution in [0.1, 0.15) is 11.5 Å². The number of hydrogen-bond donors (Lipinski definition) is 1. The number of primary amides is 1. The molecule has 0 saturated heterocycles. The van der Waals surface area contributed by atoms with Crippen molar-refractivity contribution < 1.29 is 9.72 Å². The molecule has 10 heteroatoms. The van der Waals surface area contributed by atoms with Gasteiger partial charge in [-0.2, -0.15) is 14.0 Å². The SMILES string of the molecule is N#CC(C(N)=O)c1ccc([N+](=O)[O-])c2nsnc12.[Na]. The second kappa shape index (κ2) is 6.03. The number of benzene rings is 1. The maximum atomic E-state index is 11.1. The number of hydrogen-bond acceptors (Lipinski definition) is 7. The molecule has 0 saturated carbocycles. The Kier molecular flexibility index (Phi) is 4.90. The van der Waals surface area contributed by atoms with Crippen molar-refractivity contribution in [2.24, 2.45) is 5.73 Å². The van der Waals surface area contributed by atoms with Crippen molar-refractivity contribution >= 4 is 63.9 Å². The molecular formula is C9H5N5NaO3S. The summed E-state index contributed by atoms with van der Waals surface area (Å²) in [4.78, 5) is 21.3. The first kappa shape index (κ1) is 15.5. The normalized spacial score (nSPS) is 11.3. The first-order valence-electron chi connectivity index (χ1n) is 4.64. The Morgan fingerprint density at radius 2 is 2.11 bits per heavy atom. The molecule has 91 valence electrons. The molecule has 1 radical (unpaired) electrons. The van der Waals surface area contributed by atoms with Gasteiger partial charge in [-0.15, -0.1) is 0 Å². The minimum atomic E-state index is -1.20. The molecular weight excluding hydrogens is 281 g/mol. The van der Waals surface area contributed by atoms with Crippen molar-refractivity contribution in [3.63, 3.8) is 0 Å². The van der Waals surface area contributed by atoms with E-state index in [0.29, 0.717) is 0 Å². The van der Waals surface area contributed by atoms with E-state index in [1.54, 1.807) is 6.07 Å². The van der Waals surface area contributed by atoms with Gasteiger partial charge in [0, 0.05) is 41.2 Å². The molecule has 0 fully saturated rings. The Balaban J connectivity index is 0.00000180. The molecule has 1 amide bonds. The first-order valence-corrected chi connectivity index (χ1v) is 5.37. The van der Waals surface area contributed by atoms with Gasteiger partial charge in [0.05, 0.1) is 22.7 Å². The van der Waals surface area contributed by atoms with Gasteiger partial charge < -0.3 is 5.73 Å². The topological polar surface area (TPSA) is 136 Å². The van der Waals surface area contributed by atoms with E-state index in [4.69, 9.17) is 11.0 Å². The summed E-state index contributed by atoms with van der Waals surface area (Å²) >= 11 is 0.772. The Morgan fingerprint density at radius 3 is 2.63 bits per heavy atom. The van der Waals surface area contributed by atoms with Gasteiger partial charge in [0.1, 0.15) is 5.52 Å². The van der Waals surface area contributed by atoms with Crippen LogP contribution < -0.4 is 5.73 Å². The van der Waals surface area contributed by atoms with E-state index in [1.165, 1.54) is 12.1 Å². The summed E-state index contributed by atoms with van der Waals surface area (Å²) < 4.78 is 7.68. The van der Waals surface area contributed by atoms with Gasteiger partial charge in [-0.3, -0.25) is 14.9 Å². The Bertz CT molecular complexity index is 695. The number of nitrogens with zero attached hydrogens (tertiary/aromatic N) is 4. The monoisotopic (exact) mass is 286 g/mol. The molecule has 0 spiro atoms. The minimum absolute atomic E-state index is 0. The van der Waals surface area contributed by atoms with Crippen molar-refractivity contribution in [2.75, 3.05) is 0 Å². The number of rotatable bonds is 3. The standard InChI is InChI=1S/C9H5N5O3S.Na/c10-3-5(9(11)15)4-1-2-6(14(16)17)8-7(4)12-18-13-8;/h1-2,5H,(H2,11,15);. The number of nitrogens with two attached hydrogens (primary N) is 1. The van der Waals surface area contributed by atoms with Crippen molar-refractivity contribution in [1.29, 1.82) is 5.26 Å². The number of carbonyl (C=O) groups excluding carboxylic acids is 1. The molecule has 8 nitrogen and oxygen atoms in total. The zero-order chi connectivity index (χ0) is 13.3. The second-order valence-corrected chi connectivity index (χ2v) is 3.89. The number of fused-ring (bicyclic) bond motifs is 1. The van der Waals surface area contributed by atoms with E-state index in [1.807, 2.05) is 0 Å². The number of non-ortho nitro benzene ring substituents is 1. The Hall–Kier alpha value is -1.60. The van der Waals surface area contributed by atoms with Crippen LogP contribution in [0.25, 0.3) is 11.0 Å². The minimum Gasteiger partial charge on any atom is -0.368 e. The maximum Gasteiger partial charge on any atom is 0.298 e. The van der Waals surface area contributed by atoms with Crippen LogP contribution in [0, 0.1) is 21.4 Å². The summed E-state index contributed by atoms with van der Waals surface area (Å²) in [6.07, 6.45) is 0. The fraction of sp³-hybridized carbons (Fsp3) is 0.111. The molecule has 1 aromatic heterocycles. The molecule has 0 aliphatic heterocycles. The predicted octanol–water partition coefficient (Wildman–Crippen LogP) is 0.311. The third-order valence-electron chi connectivity index (χ3n) is 2.35. The van der Waals surface area contributed by atoms with Gasteiger partial charge in [0.2, 0.25) is 5.91 Å². The van der Waals surface area contributed by atoms with Crippen molar-refractivity contribution in [3.8, 4) is 6.07 Å². The van der Waals surface area contributed by atoms with Crippen molar-refractivity contribution in [3.05, 3.63) is 27.8 Å². The summed E-state index contributed by atoms with van der Waals surface area (Å²) in [5.74, 6) is -2.03. The van der Waals surface area contributed by atoms with Crippen LogP contribution in [0.5, 0.6) is 0 Å². The summed E-state index contributed by atoms with van der Waals surface area (Å²) in [5, 5.41) is 19.7. The van der Waals surface area contributed by atoms with Gasteiger partial charge in [-0.25, -0.2) is 0 Å². The smallest absolute Gasteiger partial charge is 0.298 e. The molecule has 0 bridgehead atoms. The number of aromatic nitrogens is 2. The number of carbonyl (C=O) groups is 1. The Labute approximate surface area is 133 Å². The van der Waals surface area contributed by atoms with Crippen LogP contribution in [0.2, 0.25) is 0 Å². The third-order valence-corrected chi connectivity index (χ3v) is 2.88. The average Bonchev–Trinajstić information content (AvgIpc) is 2.78. The summed E-state index contributed by atoms with van der Waals surface area (Å²) in [5.41, 5.74) is 5.34. The van der Waals surface area contributed by atoms with Crippen LogP contribution >= 0.6 is 11.7 Å². The number of nitro benzene ring substituents is 1. The van der Waals surface area contributed by atoms with E-state index in [2.05, 4.69) is 8.75 Å². The molecule has 0 aliphatic rings. The van der Waals surface area contributed by atoms with E-state index in [9.17, 15) is 14.9 Å². The average molecular weight is 286 g/mol. The summed E-state index contributed by atoms with van der Waals surface area (Å²) in [6, 6.07) is 4.23. The molecule has 2 rings (SSSR count). The summed E-state index contributed by atoms with van der Waals surface area (Å²) in [7, 11) is 0. The molecule has 1 unspecified atom stereocenters. The maximum absolute atomic E-state index is 11.1. The molecule has 2 N–H and O–H groups in total. The van der Waals surface area contributed by atoms with Crippen LogP contribution in [0.4, 0.5) is 5.69 Å². The van der Waals surface area contributed by atoms with Crippen molar-refractivity contribution in [2.45, 2.75) is 5.92 Å². The number of nitro groups is 1. The molecule has 19 heavy (non-hydrogen) atoms. The Morgan fingerprint density at radius 1 is 1.47 bits per heavy atom. The molecule has 1 atom stereocenters. The van der Waals surface area contributed by atoms with E-state index < -0.39 is 16.7 Å². The third kappa shape index (κ3) is 2.71. The van der Waals surface area contributed by atoms with Crippen LogP contribution in [0.15, 0.2) is 12.1 Å². The zero-order valence-corrected chi connectivity index (χ0v) is 12.5. The quantitative estimate of drug-likeness (QED) is 0.490. The van der Waals surface area contributed by atoms with E-state index >= 15 is 0 Å². The predicted molar refractivity (Wildman–Crippen MR) is 67.4 cm³/mol. The van der Waals surface area contributed by atoms with E-state index in [-0.39, 0.29) is 51.8 Å². The number of nitriles is 1. The molecule has 1 aromatic carbocycles. The van der Waals surface area contributed by atoms with Gasteiger partial charge in [-0.05, 0) is 6.07 Å². The van der Waals surface area contributed by atoms with Crippen molar-refractivity contribution in [1.82, 2.24) is 8.75 Å². The van der Waals surface area contributed by atoms with Gasteiger partial charge in [-0.1, -0.05) is 0 Å². The fourth-order valence-corrected chi connectivity index (χ4v) is 2.12. The van der Waals surface area contributed by atoms with Gasteiger partial charge in [0.15, 0.2) is 11.4 Å². The second-order valence-electron chi connectivity index (χ2n) is 3.36. The largest absolute Gasteiger partial charge is 0.368 e. The zero-order valence-electron chi connectivity index (χ0n) is 9.73. The first-order chi connectivity index (χ1) is 8.56. The number of amides is 1. The molecule has 2 aromatic rings. The molecule has 1 heterocycles. The molecule has 0 aliphatic carbocycles. The van der Waals surface area contributed by atoms with E-state index in [0.717, 1.165) is 11.7 Å². The fourth-order valence-electron chi connectivity index (χ4n) is 1.54. The van der Waals surface area contributed by atoms with Gasteiger partial charge in [0.25, 0.3) is 5.69 Å².